The maximum absolute atomic E-state index is 13.6. The summed E-state index contributed by atoms with van der Waals surface area (Å²) in [6.45, 7) is 4.17. The third kappa shape index (κ3) is 6.62. The third-order valence-electron chi connectivity index (χ3n) is 5.18. The molecule has 13 heteroatoms. The first-order valence-electron chi connectivity index (χ1n) is 11.2. The minimum atomic E-state index is -4.69. The summed E-state index contributed by atoms with van der Waals surface area (Å²) >= 11 is 0. The number of ether oxygens (including phenoxy) is 4. The quantitative estimate of drug-likeness (QED) is 0.411. The largest absolute Gasteiger partial charge is 0.493 e. The van der Waals surface area contributed by atoms with Crippen LogP contribution < -0.4 is 25.4 Å². The number of allylic oxidation sites excluding steroid dienone is 1. The molecule has 1 atom stereocenters. The number of alkyl halides is 3. The van der Waals surface area contributed by atoms with Crippen molar-refractivity contribution in [1.29, 1.82) is 0 Å². The van der Waals surface area contributed by atoms with Crippen LogP contribution in [-0.4, -0.2) is 47.8 Å². The SMILES string of the molecule is CCOC1=CC(Oc2ccc(NC(=O)Nc3ccc(OC4(C)COC4)c(C(F)(F)F)c3)cn2)=CNC1O. The van der Waals surface area contributed by atoms with Gasteiger partial charge in [0.05, 0.1) is 37.3 Å². The molecule has 2 amide bonds. The number of anilines is 2. The van der Waals surface area contributed by atoms with E-state index in [2.05, 4.69) is 20.9 Å². The molecule has 4 N–H and O–H groups in total. The van der Waals surface area contributed by atoms with Gasteiger partial charge in [0, 0.05) is 24.0 Å². The number of amides is 2. The standard InChI is InChI=1S/C24H25F3N4O6/c1-3-35-19-9-16(11-29-21(19)32)36-20-7-5-15(10-28-20)31-22(33)30-14-4-6-18(17(8-14)24(25,26)27)37-23(2)12-34-13-23/h4-11,21,29,32H,3,12-13H2,1-2H3,(H2,30,31,33). The van der Waals surface area contributed by atoms with Crippen LogP contribution in [0.2, 0.25) is 0 Å². The number of nitrogens with one attached hydrogen (secondary N) is 3. The molecular weight excluding hydrogens is 497 g/mol. The van der Waals surface area contributed by atoms with E-state index < -0.39 is 29.6 Å². The van der Waals surface area contributed by atoms with Crippen LogP contribution in [0.1, 0.15) is 19.4 Å². The zero-order chi connectivity index (χ0) is 26.6. The summed E-state index contributed by atoms with van der Waals surface area (Å²) in [4.78, 5) is 16.5. The van der Waals surface area contributed by atoms with Gasteiger partial charge in [-0.3, -0.25) is 0 Å². The van der Waals surface area contributed by atoms with Crippen molar-refractivity contribution < 1.29 is 42.0 Å². The molecule has 2 aromatic rings. The fourth-order valence-electron chi connectivity index (χ4n) is 3.41. The van der Waals surface area contributed by atoms with Gasteiger partial charge in [0.2, 0.25) is 5.88 Å². The zero-order valence-corrected chi connectivity index (χ0v) is 19.9. The first-order chi connectivity index (χ1) is 17.5. The Hall–Kier alpha value is -3.97. The molecule has 0 spiro atoms. The number of hydrogen-bond donors (Lipinski definition) is 4. The second-order valence-corrected chi connectivity index (χ2v) is 8.42. The van der Waals surface area contributed by atoms with E-state index in [1.807, 2.05) is 0 Å². The van der Waals surface area contributed by atoms with Gasteiger partial charge < -0.3 is 40.0 Å². The molecule has 2 aliphatic heterocycles. The van der Waals surface area contributed by atoms with Crippen molar-refractivity contribution in [1.82, 2.24) is 10.3 Å². The molecule has 198 valence electrons. The van der Waals surface area contributed by atoms with Crippen LogP contribution in [0.3, 0.4) is 0 Å². The van der Waals surface area contributed by atoms with E-state index in [9.17, 15) is 23.1 Å². The number of benzene rings is 1. The average molecular weight is 522 g/mol. The van der Waals surface area contributed by atoms with Crippen LogP contribution in [0.5, 0.6) is 11.6 Å². The highest BCUT2D eigenvalue weighted by Gasteiger charge is 2.40. The van der Waals surface area contributed by atoms with Crippen LogP contribution in [0.15, 0.2) is 60.3 Å². The number of dihydropyridines is 1. The van der Waals surface area contributed by atoms with Gasteiger partial charge in [0.15, 0.2) is 11.8 Å². The Bertz CT molecular complexity index is 1200. The lowest BCUT2D eigenvalue weighted by molar-refractivity contribution is -0.160. The zero-order valence-electron chi connectivity index (χ0n) is 19.9. The maximum Gasteiger partial charge on any atom is 0.420 e. The van der Waals surface area contributed by atoms with Crippen molar-refractivity contribution in [2.45, 2.75) is 31.9 Å². The smallest absolute Gasteiger partial charge is 0.420 e. The molecular formula is C24H25F3N4O6. The lowest BCUT2D eigenvalue weighted by Gasteiger charge is -2.38. The normalized spacial score (nSPS) is 18.4. The second-order valence-electron chi connectivity index (χ2n) is 8.42. The van der Waals surface area contributed by atoms with E-state index in [0.717, 1.165) is 12.1 Å². The molecule has 1 aromatic carbocycles. The van der Waals surface area contributed by atoms with Gasteiger partial charge in [-0.1, -0.05) is 0 Å². The van der Waals surface area contributed by atoms with Crippen molar-refractivity contribution in [2.75, 3.05) is 30.5 Å². The molecule has 4 rings (SSSR count). The van der Waals surface area contributed by atoms with Gasteiger partial charge in [-0.15, -0.1) is 0 Å². The van der Waals surface area contributed by atoms with Crippen LogP contribution in [-0.2, 0) is 15.7 Å². The Balaban J connectivity index is 1.37. The molecule has 1 saturated heterocycles. The lowest BCUT2D eigenvalue weighted by atomic mass is 10.0. The number of aliphatic hydroxyl groups is 1. The Kier molecular flexibility index (Phi) is 7.45. The number of aliphatic hydroxyl groups excluding tert-OH is 1. The molecule has 1 fully saturated rings. The molecule has 0 saturated carbocycles. The number of nitrogens with zero attached hydrogens (tertiary/aromatic N) is 1. The molecule has 1 aromatic heterocycles. The third-order valence-corrected chi connectivity index (χ3v) is 5.18. The molecule has 2 aliphatic rings. The fraction of sp³-hybridized carbons (Fsp3) is 0.333. The predicted octanol–water partition coefficient (Wildman–Crippen LogP) is 3.97. The van der Waals surface area contributed by atoms with Crippen LogP contribution >= 0.6 is 0 Å². The maximum atomic E-state index is 13.6. The van der Waals surface area contributed by atoms with E-state index in [1.54, 1.807) is 13.8 Å². The molecule has 0 radical (unpaired) electrons. The van der Waals surface area contributed by atoms with Gasteiger partial charge >= 0.3 is 12.2 Å². The van der Waals surface area contributed by atoms with E-state index >= 15 is 0 Å². The average Bonchev–Trinajstić information content (AvgIpc) is 2.82. The minimum absolute atomic E-state index is 0.0732. The monoisotopic (exact) mass is 522 g/mol. The highest BCUT2D eigenvalue weighted by atomic mass is 19.4. The fourth-order valence-corrected chi connectivity index (χ4v) is 3.41. The molecule has 0 bridgehead atoms. The van der Waals surface area contributed by atoms with Crippen molar-refractivity contribution in [3.8, 4) is 11.6 Å². The van der Waals surface area contributed by atoms with Gasteiger partial charge in [-0.25, -0.2) is 9.78 Å². The molecule has 37 heavy (non-hydrogen) atoms. The van der Waals surface area contributed by atoms with Gasteiger partial charge in [0.1, 0.15) is 17.3 Å². The van der Waals surface area contributed by atoms with E-state index in [-0.39, 0.29) is 42.0 Å². The van der Waals surface area contributed by atoms with Crippen molar-refractivity contribution in [3.05, 3.63) is 65.9 Å². The van der Waals surface area contributed by atoms with Crippen molar-refractivity contribution in [2.24, 2.45) is 0 Å². The summed E-state index contributed by atoms with van der Waals surface area (Å²) in [7, 11) is 0. The summed E-state index contributed by atoms with van der Waals surface area (Å²) in [6, 6.07) is 5.49. The summed E-state index contributed by atoms with van der Waals surface area (Å²) in [6.07, 6.45) is -1.41. The summed E-state index contributed by atoms with van der Waals surface area (Å²) in [5, 5.41) is 17.3. The van der Waals surface area contributed by atoms with E-state index in [1.165, 1.54) is 36.7 Å². The van der Waals surface area contributed by atoms with Crippen molar-refractivity contribution in [3.63, 3.8) is 0 Å². The first kappa shape index (κ1) is 26.1. The van der Waals surface area contributed by atoms with Gasteiger partial charge in [0.25, 0.3) is 0 Å². The minimum Gasteiger partial charge on any atom is -0.493 e. The van der Waals surface area contributed by atoms with E-state index in [0.29, 0.717) is 12.4 Å². The number of rotatable bonds is 8. The summed E-state index contributed by atoms with van der Waals surface area (Å²) in [5.74, 6) is 0.476. The molecule has 1 unspecified atom stereocenters. The molecule has 10 nitrogen and oxygen atoms in total. The predicted molar refractivity (Wildman–Crippen MR) is 126 cm³/mol. The summed E-state index contributed by atoms with van der Waals surface area (Å²) < 4.78 is 62.3. The molecule has 3 heterocycles. The van der Waals surface area contributed by atoms with E-state index in [4.69, 9.17) is 18.9 Å². The topological polar surface area (TPSA) is 123 Å². The van der Waals surface area contributed by atoms with Crippen LogP contribution in [0, 0.1) is 0 Å². The Morgan fingerprint density at radius 1 is 1.24 bits per heavy atom. The molecule has 0 aliphatic carbocycles. The number of carbonyl (C=O) groups is 1. The highest BCUT2D eigenvalue weighted by molar-refractivity contribution is 5.99. The van der Waals surface area contributed by atoms with Crippen LogP contribution in [0.25, 0.3) is 0 Å². The number of aromatic nitrogens is 1. The number of hydrogen-bond acceptors (Lipinski definition) is 8. The number of pyridine rings is 1. The highest BCUT2D eigenvalue weighted by Crippen LogP contribution is 2.40. The number of urea groups is 1. The Labute approximate surface area is 210 Å². The number of carbonyl (C=O) groups excluding carboxylic acids is 1. The second kappa shape index (κ2) is 10.6. The Morgan fingerprint density at radius 2 is 1.97 bits per heavy atom. The van der Waals surface area contributed by atoms with Gasteiger partial charge in [-0.2, -0.15) is 13.2 Å². The first-order valence-corrected chi connectivity index (χ1v) is 11.2. The van der Waals surface area contributed by atoms with Crippen LogP contribution in [0.4, 0.5) is 29.3 Å². The Morgan fingerprint density at radius 3 is 2.59 bits per heavy atom. The summed E-state index contributed by atoms with van der Waals surface area (Å²) in [5.41, 5.74) is -1.64. The number of halogens is 3. The van der Waals surface area contributed by atoms with Crippen molar-refractivity contribution >= 4 is 17.4 Å². The lowest BCUT2D eigenvalue weighted by Crippen LogP contribution is -2.51. The van der Waals surface area contributed by atoms with Gasteiger partial charge in [-0.05, 0) is 38.1 Å².